The number of fused-ring (bicyclic) bond motifs is 1. The summed E-state index contributed by atoms with van der Waals surface area (Å²) in [6, 6.07) is -0.962. The lowest BCUT2D eigenvalue weighted by molar-refractivity contribution is -0.127. The highest BCUT2D eigenvalue weighted by atomic mass is 31.2. The minimum absolute atomic E-state index is 0.174. The molecule has 0 spiro atoms. The summed E-state index contributed by atoms with van der Waals surface area (Å²) < 4.78 is 25.1. The maximum Gasteiger partial charge on any atom is 0.434 e. The second-order valence-corrected chi connectivity index (χ2v) is 8.29. The van der Waals surface area contributed by atoms with Crippen molar-refractivity contribution in [2.24, 2.45) is 5.73 Å². The number of hydrogen-bond acceptors (Lipinski definition) is 10. The topological polar surface area (TPSA) is 192 Å². The highest BCUT2D eigenvalue weighted by molar-refractivity contribution is 7.51. The summed E-state index contributed by atoms with van der Waals surface area (Å²) in [7, 11) is -3.33. The number of amides is 1. The van der Waals surface area contributed by atoms with E-state index in [-0.39, 0.29) is 12.2 Å². The smallest absolute Gasteiger partial charge is 0.390 e. The standard InChI is InChI=1S/C14H22N7O6P/c1-7(15)14(23)20(2)28(24,25)26-4-9-8(22)3-10(27-9)21-6-19-11-12(16)17-5-18-13(11)21/h5-10,22H,3-4,15H2,1-2H3,(H,24,25)(H2,16,17,18)/t7-,8-,9+,10+/m0/s1. The molecule has 3 heterocycles. The van der Waals surface area contributed by atoms with Crippen molar-refractivity contribution in [3.05, 3.63) is 12.7 Å². The van der Waals surface area contributed by atoms with Crippen molar-refractivity contribution < 1.29 is 28.6 Å². The largest absolute Gasteiger partial charge is 0.434 e. The minimum Gasteiger partial charge on any atom is -0.390 e. The number of ether oxygens (including phenoxy) is 1. The molecule has 2 aromatic heterocycles. The molecule has 0 bridgehead atoms. The molecule has 1 unspecified atom stereocenters. The monoisotopic (exact) mass is 415 g/mol. The van der Waals surface area contributed by atoms with Gasteiger partial charge in [-0.25, -0.2) is 19.5 Å². The zero-order valence-electron chi connectivity index (χ0n) is 15.2. The molecule has 1 saturated heterocycles. The van der Waals surface area contributed by atoms with E-state index >= 15 is 0 Å². The van der Waals surface area contributed by atoms with Crippen LogP contribution in [0.5, 0.6) is 0 Å². The van der Waals surface area contributed by atoms with Crippen LogP contribution in [0.1, 0.15) is 19.6 Å². The van der Waals surface area contributed by atoms with Gasteiger partial charge in [0.15, 0.2) is 11.5 Å². The zero-order valence-corrected chi connectivity index (χ0v) is 16.1. The number of nitrogen functional groups attached to an aromatic ring is 1. The molecule has 13 nitrogen and oxygen atoms in total. The fourth-order valence-corrected chi connectivity index (χ4v) is 3.74. The third-order valence-corrected chi connectivity index (χ3v) is 5.84. The van der Waals surface area contributed by atoms with E-state index in [9.17, 15) is 19.4 Å². The molecular formula is C14H22N7O6P. The van der Waals surface area contributed by atoms with Gasteiger partial charge in [-0.05, 0) is 6.92 Å². The van der Waals surface area contributed by atoms with Crippen molar-refractivity contribution in [1.29, 1.82) is 0 Å². The molecular weight excluding hydrogens is 393 g/mol. The van der Waals surface area contributed by atoms with Gasteiger partial charge in [0.1, 0.15) is 24.2 Å². The van der Waals surface area contributed by atoms with Crippen LogP contribution in [0.2, 0.25) is 0 Å². The van der Waals surface area contributed by atoms with Crippen LogP contribution < -0.4 is 11.5 Å². The van der Waals surface area contributed by atoms with Gasteiger partial charge in [-0.3, -0.25) is 18.6 Å². The minimum atomic E-state index is -4.44. The fourth-order valence-electron chi connectivity index (χ4n) is 2.79. The lowest BCUT2D eigenvalue weighted by Crippen LogP contribution is -2.38. The summed E-state index contributed by atoms with van der Waals surface area (Å²) in [5.41, 5.74) is 12.0. The fraction of sp³-hybridized carbons (Fsp3) is 0.571. The Morgan fingerprint density at radius 1 is 1.54 bits per heavy atom. The second kappa shape index (κ2) is 7.70. The molecule has 5 atom stereocenters. The van der Waals surface area contributed by atoms with Crippen molar-refractivity contribution in [2.75, 3.05) is 19.4 Å². The Kier molecular flexibility index (Phi) is 5.66. The molecule has 3 rings (SSSR count). The molecule has 0 aromatic carbocycles. The highest BCUT2D eigenvalue weighted by Gasteiger charge is 2.39. The van der Waals surface area contributed by atoms with E-state index in [1.54, 1.807) is 4.57 Å². The zero-order chi connectivity index (χ0) is 20.6. The van der Waals surface area contributed by atoms with E-state index < -0.39 is 44.7 Å². The predicted octanol–water partition coefficient (Wildman–Crippen LogP) is -1.02. The first-order valence-electron chi connectivity index (χ1n) is 8.39. The number of nitrogens with two attached hydrogens (primary N) is 2. The summed E-state index contributed by atoms with van der Waals surface area (Å²) in [4.78, 5) is 33.9. The Morgan fingerprint density at radius 3 is 2.93 bits per heavy atom. The van der Waals surface area contributed by atoms with Gasteiger partial charge in [-0.2, -0.15) is 0 Å². The number of rotatable bonds is 6. The van der Waals surface area contributed by atoms with Crippen molar-refractivity contribution >= 4 is 30.6 Å². The van der Waals surface area contributed by atoms with Crippen LogP contribution in [0.3, 0.4) is 0 Å². The molecule has 2 aromatic rings. The van der Waals surface area contributed by atoms with Crippen LogP contribution in [-0.4, -0.2) is 72.0 Å². The number of nitrogens with zero attached hydrogens (tertiary/aromatic N) is 5. The molecule has 28 heavy (non-hydrogen) atoms. The lowest BCUT2D eigenvalue weighted by Gasteiger charge is -2.25. The number of aliphatic hydroxyl groups excluding tert-OH is 1. The van der Waals surface area contributed by atoms with Gasteiger partial charge in [0, 0.05) is 13.5 Å². The van der Waals surface area contributed by atoms with E-state index in [4.69, 9.17) is 20.7 Å². The molecule has 0 radical (unpaired) electrons. The first kappa shape index (κ1) is 20.6. The van der Waals surface area contributed by atoms with Gasteiger partial charge in [0.25, 0.3) is 0 Å². The lowest BCUT2D eigenvalue weighted by atomic mass is 10.2. The van der Waals surface area contributed by atoms with Crippen molar-refractivity contribution in [3.8, 4) is 0 Å². The summed E-state index contributed by atoms with van der Waals surface area (Å²) >= 11 is 0. The number of aromatic nitrogens is 4. The summed E-state index contributed by atoms with van der Waals surface area (Å²) in [5, 5.41) is 10.2. The van der Waals surface area contributed by atoms with E-state index in [1.807, 2.05) is 0 Å². The molecule has 1 amide bonds. The third-order valence-electron chi connectivity index (χ3n) is 4.40. The summed E-state index contributed by atoms with van der Waals surface area (Å²) in [6.45, 7) is 0.977. The number of anilines is 1. The van der Waals surface area contributed by atoms with Crippen LogP contribution in [0.25, 0.3) is 11.2 Å². The molecule has 6 N–H and O–H groups in total. The second-order valence-electron chi connectivity index (χ2n) is 6.45. The van der Waals surface area contributed by atoms with Gasteiger partial charge in [-0.1, -0.05) is 0 Å². The average molecular weight is 415 g/mol. The molecule has 1 aliphatic rings. The maximum absolute atomic E-state index is 12.2. The summed E-state index contributed by atoms with van der Waals surface area (Å²) in [5.74, 6) is -0.538. The van der Waals surface area contributed by atoms with Gasteiger partial charge < -0.3 is 26.2 Å². The quantitative estimate of drug-likeness (QED) is 0.422. The van der Waals surface area contributed by atoms with Crippen LogP contribution >= 0.6 is 7.75 Å². The van der Waals surface area contributed by atoms with Crippen LogP contribution in [0, 0.1) is 0 Å². The SMILES string of the molecule is C[C@H](N)C(=O)N(C)P(=O)(O)OC[C@H]1O[C@@H](n2cnc3c(N)ncnc32)C[C@@H]1O. The number of likely N-dealkylation sites (N-methyl/N-ethyl adjacent to an activating group) is 1. The van der Waals surface area contributed by atoms with Gasteiger partial charge in [0.2, 0.25) is 5.91 Å². The van der Waals surface area contributed by atoms with Crippen LogP contribution in [-0.2, 0) is 18.6 Å². The average Bonchev–Trinajstić information content (AvgIpc) is 3.23. The van der Waals surface area contributed by atoms with Gasteiger partial charge in [-0.15, -0.1) is 0 Å². The Balaban J connectivity index is 1.68. The van der Waals surface area contributed by atoms with Crippen molar-refractivity contribution in [3.63, 3.8) is 0 Å². The van der Waals surface area contributed by atoms with Crippen molar-refractivity contribution in [1.82, 2.24) is 24.2 Å². The van der Waals surface area contributed by atoms with Gasteiger partial charge >= 0.3 is 7.75 Å². The predicted molar refractivity (Wildman–Crippen MR) is 96.5 cm³/mol. The van der Waals surface area contributed by atoms with Crippen LogP contribution in [0.15, 0.2) is 12.7 Å². The Morgan fingerprint density at radius 2 is 2.25 bits per heavy atom. The molecule has 1 fully saturated rings. The molecule has 1 aliphatic heterocycles. The number of imidazole rings is 1. The molecule has 154 valence electrons. The number of hydrogen-bond donors (Lipinski definition) is 4. The maximum atomic E-state index is 12.2. The third kappa shape index (κ3) is 3.85. The Labute approximate surface area is 159 Å². The Hall–Kier alpha value is -2.15. The highest BCUT2D eigenvalue weighted by Crippen LogP contribution is 2.46. The molecule has 0 aliphatic carbocycles. The normalized spacial score (nSPS) is 25.5. The first-order chi connectivity index (χ1) is 13.1. The Bertz CT molecular complexity index is 921. The number of carbonyl (C=O) groups is 1. The van der Waals surface area contributed by atoms with E-state index in [0.717, 1.165) is 7.05 Å². The van der Waals surface area contributed by atoms with E-state index in [2.05, 4.69) is 15.0 Å². The van der Waals surface area contributed by atoms with E-state index in [0.29, 0.717) is 15.8 Å². The molecule has 0 saturated carbocycles. The van der Waals surface area contributed by atoms with Gasteiger partial charge in [0.05, 0.1) is 25.1 Å². The van der Waals surface area contributed by atoms with Crippen LogP contribution in [0.4, 0.5) is 5.82 Å². The number of carbonyl (C=O) groups excluding carboxylic acids is 1. The molecule has 14 heteroatoms. The van der Waals surface area contributed by atoms with E-state index in [1.165, 1.54) is 19.6 Å². The van der Waals surface area contributed by atoms with Crippen molar-refractivity contribution in [2.45, 2.75) is 37.8 Å². The number of aliphatic hydroxyl groups is 1. The first-order valence-corrected chi connectivity index (χ1v) is 9.92. The summed E-state index contributed by atoms with van der Waals surface area (Å²) in [6.07, 6.45) is 0.409.